The summed E-state index contributed by atoms with van der Waals surface area (Å²) in [5, 5.41) is 2.86. The normalized spacial score (nSPS) is 11.6. The third-order valence-corrected chi connectivity index (χ3v) is 12.8. The fraction of sp³-hybridized carbons (Fsp3) is 0.500. The van der Waals surface area contributed by atoms with Gasteiger partial charge in [-0.15, -0.1) is 0 Å². The zero-order valence-corrected chi connectivity index (χ0v) is 20.2. The van der Waals surface area contributed by atoms with Crippen LogP contribution in [0.25, 0.3) is 0 Å². The van der Waals surface area contributed by atoms with Crippen LogP contribution in [-0.4, -0.2) is 33.4 Å². The summed E-state index contributed by atoms with van der Waals surface area (Å²) in [4.78, 5) is 0. The molecule has 0 aliphatic rings. The molecule has 0 heterocycles. The molecule has 0 aliphatic carbocycles. The second-order valence-electron chi connectivity index (χ2n) is 7.37. The number of aryl methyl sites for hydroxylation is 2. The number of hydrogen-bond donors (Lipinski definition) is 0. The van der Waals surface area contributed by atoms with Crippen LogP contribution in [-0.2, 0) is 24.6 Å². The fourth-order valence-electron chi connectivity index (χ4n) is 3.25. The first-order chi connectivity index (χ1) is 13.2. The molecule has 0 spiro atoms. The molecular weight excluding hydrogens is 430 g/mol. The van der Waals surface area contributed by atoms with E-state index in [2.05, 4.69) is 67.6 Å². The van der Waals surface area contributed by atoms with Crippen molar-refractivity contribution in [3.05, 3.63) is 71.8 Å². The Bertz CT molecular complexity index is 609. The molecule has 0 bridgehead atoms. The predicted molar refractivity (Wildman–Crippen MR) is 129 cm³/mol. The third kappa shape index (κ3) is 10.1. The van der Waals surface area contributed by atoms with Gasteiger partial charge >= 0.3 is 179 Å². The second kappa shape index (κ2) is 13.7. The molecule has 0 atom stereocenters. The van der Waals surface area contributed by atoms with E-state index in [-0.39, 0.29) is 0 Å². The monoisotopic (exact) mass is 466 g/mol. The molecule has 0 aromatic heterocycles. The molecule has 27 heavy (non-hydrogen) atoms. The van der Waals surface area contributed by atoms with E-state index in [0.717, 1.165) is 27.8 Å². The molecule has 2 aromatic carbocycles. The molecule has 3 heteroatoms. The van der Waals surface area contributed by atoms with E-state index in [4.69, 9.17) is 11.8 Å². The van der Waals surface area contributed by atoms with E-state index >= 15 is 0 Å². The molecule has 0 unspecified atom stereocenters. The molecule has 148 valence electrons. The van der Waals surface area contributed by atoms with Crippen LogP contribution in [0.5, 0.6) is 0 Å². The van der Waals surface area contributed by atoms with Crippen molar-refractivity contribution in [3.63, 3.8) is 0 Å². The third-order valence-electron chi connectivity index (χ3n) is 5.09. The van der Waals surface area contributed by atoms with Gasteiger partial charge in [0.25, 0.3) is 0 Å². The molecule has 0 saturated heterocycles. The Morgan fingerprint density at radius 3 is 1.78 bits per heavy atom. The van der Waals surface area contributed by atoms with E-state index in [1.807, 2.05) is 0 Å². The Morgan fingerprint density at radius 1 is 0.704 bits per heavy atom. The van der Waals surface area contributed by atoms with Crippen molar-refractivity contribution in [1.82, 2.24) is 0 Å². The molecule has 0 radical (unpaired) electrons. The summed E-state index contributed by atoms with van der Waals surface area (Å²) >= 11 is 7.14. The first-order valence-electron chi connectivity index (χ1n) is 10.4. The van der Waals surface area contributed by atoms with E-state index in [1.54, 1.807) is 0 Å². The van der Waals surface area contributed by atoms with Crippen LogP contribution in [0.2, 0.25) is 10.6 Å². The molecule has 2 rings (SSSR count). The summed E-state index contributed by atoms with van der Waals surface area (Å²) in [5.74, 6) is 0. The van der Waals surface area contributed by atoms with Gasteiger partial charge in [-0.3, -0.25) is 0 Å². The van der Waals surface area contributed by atoms with Gasteiger partial charge in [0, 0.05) is 0 Å². The molecule has 0 N–H and O–H groups in total. The average Bonchev–Trinajstić information content (AvgIpc) is 2.72. The minimum absolute atomic E-state index is 0.803. The van der Waals surface area contributed by atoms with E-state index < -0.39 is 6.04 Å². The maximum atomic E-state index is 6.34. The van der Waals surface area contributed by atoms with Gasteiger partial charge in [0.2, 0.25) is 0 Å². The fourth-order valence-corrected chi connectivity index (χ4v) is 11.6. The first-order valence-corrected chi connectivity index (χ1v) is 16.2. The van der Waals surface area contributed by atoms with E-state index in [1.165, 1.54) is 65.9 Å². The van der Waals surface area contributed by atoms with Crippen molar-refractivity contribution in [1.29, 1.82) is 0 Å². The summed E-state index contributed by atoms with van der Waals surface area (Å²) in [6, 6.07) is 20.6. The van der Waals surface area contributed by atoms with Gasteiger partial charge in [0.05, 0.1) is 0 Å². The number of rotatable bonds is 14. The Labute approximate surface area is 178 Å². The van der Waals surface area contributed by atoms with Crippen LogP contribution in [0.15, 0.2) is 60.7 Å². The molecule has 0 nitrogen and oxygen atoms in total. The second-order valence-corrected chi connectivity index (χ2v) is 15.7. The molecule has 0 amide bonds. The van der Waals surface area contributed by atoms with Gasteiger partial charge in [0.15, 0.2) is 0 Å². The molecule has 0 aliphatic heterocycles. The molecular formula is C24H35PSSe. The summed E-state index contributed by atoms with van der Waals surface area (Å²) in [6.45, 7) is 2.29. The Morgan fingerprint density at radius 2 is 1.26 bits per heavy atom. The van der Waals surface area contributed by atoms with Crippen LogP contribution in [0.1, 0.15) is 43.7 Å². The average molecular weight is 466 g/mol. The number of hydrogen-bond acceptors (Lipinski definition) is 1. The predicted octanol–water partition coefficient (Wildman–Crippen LogP) is 7.07. The Hall–Kier alpha value is -0.391. The van der Waals surface area contributed by atoms with Crippen molar-refractivity contribution in [3.8, 4) is 0 Å². The van der Waals surface area contributed by atoms with Gasteiger partial charge < -0.3 is 0 Å². The molecule has 0 saturated carbocycles. The number of benzene rings is 2. The summed E-state index contributed by atoms with van der Waals surface area (Å²) in [6.07, 6.45) is 11.7. The molecule has 0 fully saturated rings. The Kier molecular flexibility index (Phi) is 11.6. The summed E-state index contributed by atoms with van der Waals surface area (Å²) in [7, 11) is 0. The van der Waals surface area contributed by atoms with Crippen LogP contribution >= 0.6 is 6.04 Å². The van der Waals surface area contributed by atoms with Gasteiger partial charge in [-0.2, -0.15) is 0 Å². The van der Waals surface area contributed by atoms with Crippen molar-refractivity contribution < 1.29 is 0 Å². The van der Waals surface area contributed by atoms with Gasteiger partial charge in [0.1, 0.15) is 0 Å². The standard InChI is InChI=1S/C24H35PSSe/c1-2-3-4-11-21-27-22-20-25(26,18-16-23-12-7-5-8-13-23)19-17-24-14-9-6-10-15-24/h5-10,12-15H,2-4,11,16-22H2,1H3. The summed E-state index contributed by atoms with van der Waals surface area (Å²) in [5.41, 5.74) is 2.91. The van der Waals surface area contributed by atoms with E-state index in [0.29, 0.717) is 0 Å². The van der Waals surface area contributed by atoms with Gasteiger partial charge in [-0.25, -0.2) is 0 Å². The van der Waals surface area contributed by atoms with E-state index in [9.17, 15) is 0 Å². The van der Waals surface area contributed by atoms with Crippen molar-refractivity contribution in [2.24, 2.45) is 0 Å². The van der Waals surface area contributed by atoms with Crippen molar-refractivity contribution in [2.45, 2.75) is 56.1 Å². The topological polar surface area (TPSA) is 0 Å². The molecule has 2 aromatic rings. The maximum absolute atomic E-state index is 6.34. The zero-order valence-electron chi connectivity index (χ0n) is 16.8. The zero-order chi connectivity index (χ0) is 19.2. The Balaban J connectivity index is 1.83. The quantitative estimate of drug-likeness (QED) is 0.163. The summed E-state index contributed by atoms with van der Waals surface area (Å²) < 4.78 is 0. The van der Waals surface area contributed by atoms with Crippen molar-refractivity contribution >= 4 is 32.8 Å². The number of unbranched alkanes of at least 4 members (excludes halogenated alkanes) is 3. The minimum atomic E-state index is -1.26. The van der Waals surface area contributed by atoms with Crippen LogP contribution in [0.3, 0.4) is 0 Å². The van der Waals surface area contributed by atoms with Gasteiger partial charge in [-0.1, -0.05) is 0 Å². The van der Waals surface area contributed by atoms with Crippen molar-refractivity contribution in [2.75, 3.05) is 18.5 Å². The van der Waals surface area contributed by atoms with Gasteiger partial charge in [-0.05, 0) is 0 Å². The SMILES string of the molecule is CCCCCC[Se]CCP(=S)(CCc1ccccc1)CCc1ccccc1. The first kappa shape index (κ1) is 22.9. The van der Waals surface area contributed by atoms with Crippen LogP contribution in [0.4, 0.5) is 0 Å². The van der Waals surface area contributed by atoms with Crippen LogP contribution in [0, 0.1) is 0 Å². The van der Waals surface area contributed by atoms with Crippen LogP contribution < -0.4 is 0 Å².